The lowest BCUT2D eigenvalue weighted by Gasteiger charge is -1.94. The number of fused-ring (bicyclic) bond motifs is 3. The Balaban J connectivity index is 2.38. The van der Waals surface area contributed by atoms with Crippen LogP contribution in [0, 0.1) is 0 Å². The second kappa shape index (κ2) is 3.98. The van der Waals surface area contributed by atoms with Crippen molar-refractivity contribution in [3.8, 4) is 0 Å². The van der Waals surface area contributed by atoms with Crippen LogP contribution in [0.25, 0.3) is 20.2 Å². The van der Waals surface area contributed by atoms with E-state index in [-0.39, 0.29) is 0 Å². The van der Waals surface area contributed by atoms with Gasteiger partial charge < -0.3 is 0 Å². The van der Waals surface area contributed by atoms with E-state index in [4.69, 9.17) is 23.2 Å². The second-order valence-electron chi connectivity index (χ2n) is 3.73. The van der Waals surface area contributed by atoms with E-state index >= 15 is 0 Å². The fourth-order valence-corrected chi connectivity index (χ4v) is 3.41. The van der Waals surface area contributed by atoms with Gasteiger partial charge in [-0.25, -0.2) is 0 Å². The highest BCUT2D eigenvalue weighted by atomic mass is 35.5. The number of benzene rings is 2. The van der Waals surface area contributed by atoms with Gasteiger partial charge in [-0.1, -0.05) is 23.7 Å². The van der Waals surface area contributed by atoms with Gasteiger partial charge in [0, 0.05) is 30.8 Å². The monoisotopic (exact) mass is 280 g/mol. The minimum absolute atomic E-state index is 0.428. The van der Waals surface area contributed by atoms with Gasteiger partial charge in [0.1, 0.15) is 0 Å². The van der Waals surface area contributed by atoms with Gasteiger partial charge in [-0.05, 0) is 35.9 Å². The van der Waals surface area contributed by atoms with Crippen molar-refractivity contribution in [2.24, 2.45) is 0 Å². The van der Waals surface area contributed by atoms with Crippen molar-refractivity contribution < 1.29 is 4.79 Å². The van der Waals surface area contributed by atoms with Gasteiger partial charge in [-0.3, -0.25) is 4.79 Å². The Labute approximate surface area is 112 Å². The number of carbonyl (C=O) groups is 1. The summed E-state index contributed by atoms with van der Waals surface area (Å²) in [5.74, 6) is 0. The zero-order chi connectivity index (χ0) is 12.0. The molecule has 0 unspecified atom stereocenters. The third-order valence-corrected chi connectivity index (χ3v) is 4.23. The maximum Gasteiger partial charge on any atom is 0.252 e. The Bertz CT molecular complexity index is 746. The van der Waals surface area contributed by atoms with Crippen LogP contribution in [0.3, 0.4) is 0 Å². The number of hydrogen-bond donors (Lipinski definition) is 0. The van der Waals surface area contributed by atoms with E-state index in [9.17, 15) is 4.79 Å². The van der Waals surface area contributed by atoms with E-state index in [1.54, 1.807) is 17.4 Å². The number of halogens is 2. The summed E-state index contributed by atoms with van der Waals surface area (Å²) in [6.07, 6.45) is 0. The topological polar surface area (TPSA) is 17.1 Å². The molecule has 0 amide bonds. The summed E-state index contributed by atoms with van der Waals surface area (Å²) in [5, 5.41) is 2.58. The molecule has 0 aliphatic heterocycles. The number of rotatable bonds is 1. The van der Waals surface area contributed by atoms with Crippen LogP contribution in [0.15, 0.2) is 36.4 Å². The summed E-state index contributed by atoms with van der Waals surface area (Å²) in [6.45, 7) is 0. The SMILES string of the molecule is O=C(Cl)c1ccc2c(c1)sc1cc(Cl)ccc12. The van der Waals surface area contributed by atoms with E-state index in [1.165, 1.54) is 0 Å². The highest BCUT2D eigenvalue weighted by Crippen LogP contribution is 2.35. The summed E-state index contributed by atoms with van der Waals surface area (Å²) in [6, 6.07) is 11.3. The molecule has 0 radical (unpaired) electrons. The largest absolute Gasteiger partial charge is 0.276 e. The molecule has 0 bridgehead atoms. The predicted molar refractivity (Wildman–Crippen MR) is 74.5 cm³/mol. The molecule has 1 nitrogen and oxygen atoms in total. The van der Waals surface area contributed by atoms with Crippen LogP contribution in [0.5, 0.6) is 0 Å². The minimum atomic E-state index is -0.428. The molecule has 0 fully saturated rings. The molecule has 0 N–H and O–H groups in total. The first-order valence-electron chi connectivity index (χ1n) is 4.97. The van der Waals surface area contributed by atoms with E-state index in [0.29, 0.717) is 5.56 Å². The first kappa shape index (κ1) is 11.0. The summed E-state index contributed by atoms with van der Waals surface area (Å²) in [7, 11) is 0. The molecule has 1 aromatic heterocycles. The maximum absolute atomic E-state index is 11.1. The summed E-state index contributed by atoms with van der Waals surface area (Å²) >= 11 is 13.0. The molecular weight excluding hydrogens is 275 g/mol. The fraction of sp³-hybridized carbons (Fsp3) is 0. The molecule has 0 saturated heterocycles. The normalized spacial score (nSPS) is 11.2. The van der Waals surface area contributed by atoms with E-state index in [1.807, 2.05) is 30.3 Å². The summed E-state index contributed by atoms with van der Waals surface area (Å²) in [4.78, 5) is 11.1. The van der Waals surface area contributed by atoms with Gasteiger partial charge in [0.25, 0.3) is 5.24 Å². The molecule has 2 aromatic carbocycles. The van der Waals surface area contributed by atoms with Crippen molar-refractivity contribution >= 4 is 60.0 Å². The van der Waals surface area contributed by atoms with Crippen LogP contribution < -0.4 is 0 Å². The second-order valence-corrected chi connectivity index (χ2v) is 5.59. The average molecular weight is 281 g/mol. The lowest BCUT2D eigenvalue weighted by Crippen LogP contribution is -1.86. The van der Waals surface area contributed by atoms with Crippen LogP contribution in [0.1, 0.15) is 10.4 Å². The van der Waals surface area contributed by atoms with Crippen molar-refractivity contribution in [3.05, 3.63) is 47.0 Å². The van der Waals surface area contributed by atoms with E-state index in [2.05, 4.69) is 0 Å². The first-order valence-corrected chi connectivity index (χ1v) is 6.54. The number of carbonyl (C=O) groups excluding carboxylic acids is 1. The molecule has 0 atom stereocenters. The standard InChI is InChI=1S/C13H6Cl2OS/c14-8-2-4-10-9-3-1-7(13(15)16)5-11(9)17-12(10)6-8/h1-6H. The molecule has 17 heavy (non-hydrogen) atoms. The molecule has 0 saturated carbocycles. The van der Waals surface area contributed by atoms with E-state index < -0.39 is 5.24 Å². The maximum atomic E-state index is 11.1. The lowest BCUT2D eigenvalue weighted by molar-refractivity contribution is 0.108. The average Bonchev–Trinajstić information content (AvgIpc) is 2.64. The van der Waals surface area contributed by atoms with Crippen molar-refractivity contribution in [1.29, 1.82) is 0 Å². The van der Waals surface area contributed by atoms with Gasteiger partial charge in [-0.2, -0.15) is 0 Å². The summed E-state index contributed by atoms with van der Waals surface area (Å²) in [5.41, 5.74) is 0.525. The Kier molecular flexibility index (Phi) is 2.58. The van der Waals surface area contributed by atoms with Crippen molar-refractivity contribution in [2.75, 3.05) is 0 Å². The Morgan fingerprint density at radius 1 is 1.00 bits per heavy atom. The highest BCUT2D eigenvalue weighted by Gasteiger charge is 2.08. The van der Waals surface area contributed by atoms with Gasteiger partial charge in [0.2, 0.25) is 0 Å². The number of thiophene rings is 1. The first-order chi connectivity index (χ1) is 8.15. The Morgan fingerprint density at radius 3 is 2.35 bits per heavy atom. The van der Waals surface area contributed by atoms with Gasteiger partial charge >= 0.3 is 0 Å². The third kappa shape index (κ3) is 1.82. The van der Waals surface area contributed by atoms with E-state index in [0.717, 1.165) is 25.2 Å². The van der Waals surface area contributed by atoms with Crippen molar-refractivity contribution in [2.45, 2.75) is 0 Å². The molecule has 1 heterocycles. The molecule has 3 rings (SSSR count). The predicted octanol–water partition coefficient (Wildman–Crippen LogP) is 5.09. The number of hydrogen-bond acceptors (Lipinski definition) is 2. The molecule has 4 heteroatoms. The molecule has 0 aliphatic rings. The third-order valence-electron chi connectivity index (χ3n) is 2.66. The zero-order valence-corrected chi connectivity index (χ0v) is 10.9. The van der Waals surface area contributed by atoms with Crippen LogP contribution in [-0.4, -0.2) is 5.24 Å². The van der Waals surface area contributed by atoms with Crippen LogP contribution in [0.4, 0.5) is 0 Å². The van der Waals surface area contributed by atoms with Gasteiger partial charge in [-0.15, -0.1) is 11.3 Å². The van der Waals surface area contributed by atoms with Crippen LogP contribution >= 0.6 is 34.5 Å². The summed E-state index contributed by atoms with van der Waals surface area (Å²) < 4.78 is 2.17. The fourth-order valence-electron chi connectivity index (χ4n) is 1.87. The molecule has 84 valence electrons. The highest BCUT2D eigenvalue weighted by molar-refractivity contribution is 7.25. The Morgan fingerprint density at radius 2 is 1.65 bits per heavy atom. The quantitative estimate of drug-likeness (QED) is 0.568. The zero-order valence-electron chi connectivity index (χ0n) is 8.54. The van der Waals surface area contributed by atoms with Gasteiger partial charge in [0.15, 0.2) is 0 Å². The lowest BCUT2D eigenvalue weighted by atomic mass is 10.1. The molecular formula is C13H6Cl2OS. The van der Waals surface area contributed by atoms with Gasteiger partial charge in [0.05, 0.1) is 0 Å². The van der Waals surface area contributed by atoms with Crippen molar-refractivity contribution in [1.82, 2.24) is 0 Å². The molecule has 0 spiro atoms. The smallest absolute Gasteiger partial charge is 0.252 e. The molecule has 3 aromatic rings. The Hall–Kier alpha value is -1.09. The molecule has 0 aliphatic carbocycles. The van der Waals surface area contributed by atoms with Crippen LogP contribution in [-0.2, 0) is 0 Å². The minimum Gasteiger partial charge on any atom is -0.276 e. The van der Waals surface area contributed by atoms with Crippen molar-refractivity contribution in [3.63, 3.8) is 0 Å². The van der Waals surface area contributed by atoms with Crippen LogP contribution in [0.2, 0.25) is 5.02 Å².